The van der Waals surface area contributed by atoms with E-state index in [0.29, 0.717) is 18.0 Å². The van der Waals surface area contributed by atoms with Crippen molar-refractivity contribution in [1.82, 2.24) is 0 Å². The molecule has 0 radical (unpaired) electrons. The second-order valence-electron chi connectivity index (χ2n) is 3.71. The predicted octanol–water partition coefficient (Wildman–Crippen LogP) is 2.21. The van der Waals surface area contributed by atoms with Crippen LogP contribution in [0.2, 0.25) is 0 Å². The first-order valence-corrected chi connectivity index (χ1v) is 5.56. The van der Waals surface area contributed by atoms with Crippen molar-refractivity contribution in [3.63, 3.8) is 0 Å². The molecule has 0 bridgehead atoms. The number of esters is 1. The summed E-state index contributed by atoms with van der Waals surface area (Å²) in [5, 5.41) is 0. The fraction of sp³-hybridized carbons (Fsp3) is 0.385. The summed E-state index contributed by atoms with van der Waals surface area (Å²) in [6.45, 7) is 5.56. The van der Waals surface area contributed by atoms with Crippen molar-refractivity contribution in [2.75, 3.05) is 13.2 Å². The quantitative estimate of drug-likeness (QED) is 0.456. The third kappa shape index (κ3) is 3.71. The van der Waals surface area contributed by atoms with Crippen LogP contribution in [0, 0.1) is 13.8 Å². The smallest absolute Gasteiger partial charge is 0.344 e. The molecule has 0 aliphatic carbocycles. The largest absolute Gasteiger partial charge is 0.481 e. The van der Waals surface area contributed by atoms with Gasteiger partial charge in [-0.25, -0.2) is 9.59 Å². The van der Waals surface area contributed by atoms with Crippen LogP contribution in [0.1, 0.15) is 18.1 Å². The van der Waals surface area contributed by atoms with Crippen LogP contribution < -0.4 is 4.74 Å². The monoisotopic (exact) mass is 249 g/mol. The van der Waals surface area contributed by atoms with Gasteiger partial charge in [0, 0.05) is 0 Å². The van der Waals surface area contributed by atoms with Crippen LogP contribution in [-0.4, -0.2) is 25.3 Å². The summed E-state index contributed by atoms with van der Waals surface area (Å²) in [4.78, 5) is 24.9. The van der Waals surface area contributed by atoms with Crippen molar-refractivity contribution in [2.45, 2.75) is 20.8 Å². The van der Waals surface area contributed by atoms with Crippen LogP contribution in [-0.2, 0) is 14.3 Å². The summed E-state index contributed by atoms with van der Waals surface area (Å²) in [5.41, 5.74) is 2.12. The standard InChI is InChI=1S/C13H15NO4/c1-4-17-12(16)7-18-13-9(2)5-11(14-8-15)6-10(13)3/h5-6H,4,7H2,1-3H3. The average molecular weight is 249 g/mol. The van der Waals surface area contributed by atoms with Gasteiger partial charge in [0.05, 0.1) is 12.3 Å². The molecule has 1 aromatic carbocycles. The number of carbonyl (C=O) groups excluding carboxylic acids is 2. The minimum Gasteiger partial charge on any atom is -0.481 e. The molecule has 0 fully saturated rings. The molecule has 0 aliphatic rings. The van der Waals surface area contributed by atoms with Gasteiger partial charge in [0.1, 0.15) is 5.75 Å². The number of nitrogens with zero attached hydrogens (tertiary/aromatic N) is 1. The zero-order valence-electron chi connectivity index (χ0n) is 10.6. The first-order valence-electron chi connectivity index (χ1n) is 5.56. The van der Waals surface area contributed by atoms with E-state index in [1.54, 1.807) is 19.1 Å². The first kappa shape index (κ1) is 13.9. The lowest BCUT2D eigenvalue weighted by Gasteiger charge is -2.11. The number of ether oxygens (including phenoxy) is 2. The Morgan fingerprint density at radius 1 is 1.33 bits per heavy atom. The summed E-state index contributed by atoms with van der Waals surface area (Å²) in [7, 11) is 0. The lowest BCUT2D eigenvalue weighted by Crippen LogP contribution is -2.15. The lowest BCUT2D eigenvalue weighted by atomic mass is 10.1. The molecule has 0 atom stereocenters. The van der Waals surface area contributed by atoms with E-state index < -0.39 is 5.97 Å². The van der Waals surface area contributed by atoms with E-state index in [4.69, 9.17) is 9.47 Å². The van der Waals surface area contributed by atoms with Crippen molar-refractivity contribution in [1.29, 1.82) is 0 Å². The molecule has 5 heteroatoms. The third-order valence-electron chi connectivity index (χ3n) is 2.26. The summed E-state index contributed by atoms with van der Waals surface area (Å²) in [5.74, 6) is 0.194. The highest BCUT2D eigenvalue weighted by molar-refractivity contribution is 5.71. The minimum atomic E-state index is -0.411. The molecule has 0 spiro atoms. The van der Waals surface area contributed by atoms with Crippen LogP contribution in [0.15, 0.2) is 17.1 Å². The highest BCUT2D eigenvalue weighted by Crippen LogP contribution is 2.28. The number of aliphatic imine (C=N–C) groups is 1. The summed E-state index contributed by atoms with van der Waals surface area (Å²) < 4.78 is 10.2. The normalized spacial score (nSPS) is 9.50. The third-order valence-corrected chi connectivity index (χ3v) is 2.26. The topological polar surface area (TPSA) is 65.0 Å². The molecule has 0 N–H and O–H groups in total. The molecule has 18 heavy (non-hydrogen) atoms. The first-order chi connectivity index (χ1) is 8.58. The Labute approximate surface area is 105 Å². The molecule has 0 amide bonds. The van der Waals surface area contributed by atoms with E-state index in [9.17, 15) is 9.59 Å². The van der Waals surface area contributed by atoms with Crippen LogP contribution >= 0.6 is 0 Å². The van der Waals surface area contributed by atoms with Gasteiger partial charge >= 0.3 is 5.97 Å². The van der Waals surface area contributed by atoms with Crippen molar-refractivity contribution in [3.8, 4) is 5.75 Å². The van der Waals surface area contributed by atoms with Gasteiger partial charge < -0.3 is 9.47 Å². The number of isocyanates is 1. The summed E-state index contributed by atoms with van der Waals surface area (Å²) in [6.07, 6.45) is 1.48. The Bertz CT molecular complexity index is 467. The highest BCUT2D eigenvalue weighted by Gasteiger charge is 2.09. The van der Waals surface area contributed by atoms with E-state index in [2.05, 4.69) is 4.99 Å². The highest BCUT2D eigenvalue weighted by atomic mass is 16.6. The fourth-order valence-electron chi connectivity index (χ4n) is 1.61. The molecular formula is C13H15NO4. The molecule has 0 aliphatic heterocycles. The number of hydrogen-bond donors (Lipinski definition) is 0. The molecular weight excluding hydrogens is 234 g/mol. The maximum atomic E-state index is 11.2. The van der Waals surface area contributed by atoms with E-state index in [0.717, 1.165) is 11.1 Å². The van der Waals surface area contributed by atoms with Crippen molar-refractivity contribution in [3.05, 3.63) is 23.3 Å². The van der Waals surface area contributed by atoms with Gasteiger partial charge in [-0.3, -0.25) is 0 Å². The number of carbonyl (C=O) groups is 1. The zero-order valence-corrected chi connectivity index (χ0v) is 10.6. The Kier molecular flexibility index (Phi) is 5.08. The second-order valence-corrected chi connectivity index (χ2v) is 3.71. The Balaban J connectivity index is 2.83. The number of benzene rings is 1. The summed E-state index contributed by atoms with van der Waals surface area (Å²) in [6, 6.07) is 3.39. The van der Waals surface area contributed by atoms with Gasteiger partial charge in [0.25, 0.3) is 0 Å². The second kappa shape index (κ2) is 6.57. The SMILES string of the molecule is CCOC(=O)COc1c(C)cc(N=C=O)cc1C. The Morgan fingerprint density at radius 2 is 1.94 bits per heavy atom. The molecule has 0 saturated heterocycles. The zero-order chi connectivity index (χ0) is 13.5. The number of hydrogen-bond acceptors (Lipinski definition) is 5. The maximum absolute atomic E-state index is 11.2. The number of aryl methyl sites for hydroxylation is 2. The van der Waals surface area contributed by atoms with Crippen molar-refractivity contribution >= 4 is 17.7 Å². The van der Waals surface area contributed by atoms with Gasteiger partial charge in [-0.1, -0.05) is 0 Å². The Morgan fingerprint density at radius 3 is 2.44 bits per heavy atom. The summed E-state index contributed by atoms with van der Waals surface area (Å²) >= 11 is 0. The van der Waals surface area contributed by atoms with Gasteiger partial charge in [-0.15, -0.1) is 0 Å². The molecule has 96 valence electrons. The predicted molar refractivity (Wildman–Crippen MR) is 65.8 cm³/mol. The van der Waals surface area contributed by atoms with Crippen LogP contribution in [0.5, 0.6) is 5.75 Å². The van der Waals surface area contributed by atoms with Crippen molar-refractivity contribution < 1.29 is 19.1 Å². The van der Waals surface area contributed by atoms with Gasteiger partial charge in [0.2, 0.25) is 6.08 Å². The van der Waals surface area contributed by atoms with Crippen LogP contribution in [0.4, 0.5) is 5.69 Å². The number of rotatable bonds is 5. The molecule has 0 saturated carbocycles. The molecule has 0 heterocycles. The van der Waals surface area contributed by atoms with E-state index in [-0.39, 0.29) is 6.61 Å². The van der Waals surface area contributed by atoms with Gasteiger partial charge in [-0.2, -0.15) is 4.99 Å². The molecule has 1 aromatic rings. The minimum absolute atomic E-state index is 0.133. The Hall–Kier alpha value is -2.13. The maximum Gasteiger partial charge on any atom is 0.344 e. The lowest BCUT2D eigenvalue weighted by molar-refractivity contribution is -0.145. The van der Waals surface area contributed by atoms with E-state index in [1.807, 2.05) is 13.8 Å². The van der Waals surface area contributed by atoms with E-state index in [1.165, 1.54) is 6.08 Å². The van der Waals surface area contributed by atoms with Gasteiger partial charge in [0.15, 0.2) is 6.61 Å². The fourth-order valence-corrected chi connectivity index (χ4v) is 1.61. The van der Waals surface area contributed by atoms with E-state index >= 15 is 0 Å². The molecule has 0 unspecified atom stereocenters. The van der Waals surface area contributed by atoms with Gasteiger partial charge in [-0.05, 0) is 44.0 Å². The van der Waals surface area contributed by atoms with Crippen LogP contribution in [0.25, 0.3) is 0 Å². The van der Waals surface area contributed by atoms with Crippen LogP contribution in [0.3, 0.4) is 0 Å². The molecule has 0 aromatic heterocycles. The molecule has 5 nitrogen and oxygen atoms in total. The molecule has 1 rings (SSSR count). The van der Waals surface area contributed by atoms with Crippen molar-refractivity contribution in [2.24, 2.45) is 4.99 Å². The average Bonchev–Trinajstić information content (AvgIpc) is 2.28.